The minimum absolute atomic E-state index is 0.169. The van der Waals surface area contributed by atoms with E-state index in [1.807, 2.05) is 19.2 Å². The highest BCUT2D eigenvalue weighted by atomic mass is 79.9. The first-order valence-corrected chi connectivity index (χ1v) is 7.25. The Bertz CT molecular complexity index is 599. The Hall–Kier alpha value is -1.27. The Balaban J connectivity index is 2.24. The number of nitrogens with zero attached hydrogens (tertiary/aromatic N) is 1. The van der Waals surface area contributed by atoms with Crippen LogP contribution in [0.3, 0.4) is 0 Å². The maximum absolute atomic E-state index is 13.4. The Morgan fingerprint density at radius 3 is 2.84 bits per heavy atom. The van der Waals surface area contributed by atoms with Crippen molar-refractivity contribution >= 4 is 33.2 Å². The van der Waals surface area contributed by atoms with Gasteiger partial charge in [0.15, 0.2) is 0 Å². The van der Waals surface area contributed by atoms with Gasteiger partial charge in [-0.25, -0.2) is 9.37 Å². The van der Waals surface area contributed by atoms with Crippen LogP contribution in [0.25, 0.3) is 0 Å². The van der Waals surface area contributed by atoms with E-state index in [-0.39, 0.29) is 15.9 Å². The lowest BCUT2D eigenvalue weighted by atomic mass is 10.1. The summed E-state index contributed by atoms with van der Waals surface area (Å²) in [6, 6.07) is 4.37. The van der Waals surface area contributed by atoms with Gasteiger partial charge in [0.05, 0.1) is 15.6 Å². The summed E-state index contributed by atoms with van der Waals surface area (Å²) in [5.41, 5.74) is -0.332. The fourth-order valence-corrected chi connectivity index (χ4v) is 2.78. The quantitative estimate of drug-likeness (QED) is 0.923. The fourth-order valence-electron chi connectivity index (χ4n) is 1.62. The zero-order valence-electron chi connectivity index (χ0n) is 10.4. The van der Waals surface area contributed by atoms with Crippen LogP contribution >= 0.6 is 27.3 Å². The third-order valence-electron chi connectivity index (χ3n) is 2.59. The number of nitrogens with one attached hydrogen (secondary N) is 1. The SMILES string of the molecule is CC(C)(NC(=O)c1cccc(F)c1Br)c1nccs1. The molecule has 0 fully saturated rings. The lowest BCUT2D eigenvalue weighted by molar-refractivity contribution is 0.0910. The van der Waals surface area contributed by atoms with Gasteiger partial charge in [0.2, 0.25) is 0 Å². The maximum Gasteiger partial charge on any atom is 0.253 e. The Morgan fingerprint density at radius 2 is 2.21 bits per heavy atom. The summed E-state index contributed by atoms with van der Waals surface area (Å²) in [5, 5.41) is 5.50. The van der Waals surface area contributed by atoms with E-state index in [2.05, 4.69) is 26.2 Å². The highest BCUT2D eigenvalue weighted by molar-refractivity contribution is 9.10. The van der Waals surface area contributed by atoms with Gasteiger partial charge in [-0.15, -0.1) is 11.3 Å². The van der Waals surface area contributed by atoms with Crippen LogP contribution in [0.15, 0.2) is 34.2 Å². The second kappa shape index (κ2) is 5.38. The van der Waals surface area contributed by atoms with Crippen LogP contribution in [0.4, 0.5) is 4.39 Å². The normalized spacial score (nSPS) is 11.4. The van der Waals surface area contributed by atoms with Gasteiger partial charge >= 0.3 is 0 Å². The van der Waals surface area contributed by atoms with E-state index < -0.39 is 11.4 Å². The molecule has 0 aliphatic carbocycles. The number of halogens is 2. The van der Waals surface area contributed by atoms with E-state index >= 15 is 0 Å². The van der Waals surface area contributed by atoms with Gasteiger partial charge < -0.3 is 5.32 Å². The minimum atomic E-state index is -0.600. The predicted octanol–water partition coefficient (Wildman–Crippen LogP) is 3.71. The Morgan fingerprint density at radius 1 is 1.47 bits per heavy atom. The zero-order chi connectivity index (χ0) is 14.0. The van der Waals surface area contributed by atoms with Crippen LogP contribution in [-0.4, -0.2) is 10.9 Å². The number of carbonyl (C=O) groups is 1. The summed E-state index contributed by atoms with van der Waals surface area (Å²) in [7, 11) is 0. The topological polar surface area (TPSA) is 42.0 Å². The largest absolute Gasteiger partial charge is 0.341 e. The molecule has 0 aliphatic heterocycles. The standard InChI is InChI=1S/C13H12BrFN2OS/c1-13(2,12-16-6-7-19-12)17-11(18)8-4-3-5-9(15)10(8)14/h3-7H,1-2H3,(H,17,18). The summed E-state index contributed by atoms with van der Waals surface area (Å²) in [4.78, 5) is 16.4. The van der Waals surface area contributed by atoms with Gasteiger partial charge in [-0.1, -0.05) is 6.07 Å². The Kier molecular flexibility index (Phi) is 4.01. The molecule has 1 heterocycles. The van der Waals surface area contributed by atoms with E-state index in [9.17, 15) is 9.18 Å². The van der Waals surface area contributed by atoms with Crippen molar-refractivity contribution in [1.29, 1.82) is 0 Å². The third kappa shape index (κ3) is 3.01. The molecule has 2 rings (SSSR count). The summed E-state index contributed by atoms with van der Waals surface area (Å²) >= 11 is 4.55. The number of amides is 1. The van der Waals surface area contributed by atoms with Crippen LogP contribution in [-0.2, 0) is 5.54 Å². The first-order chi connectivity index (χ1) is 8.92. The van der Waals surface area contributed by atoms with Gasteiger partial charge in [-0.2, -0.15) is 0 Å². The molecule has 0 bridgehead atoms. The number of carbonyl (C=O) groups excluding carboxylic acids is 1. The molecule has 0 saturated heterocycles. The Labute approximate surface area is 123 Å². The lowest BCUT2D eigenvalue weighted by Crippen LogP contribution is -2.41. The summed E-state index contributed by atoms with van der Waals surface area (Å²) in [6.07, 6.45) is 1.69. The van der Waals surface area contributed by atoms with Crippen molar-refractivity contribution in [2.75, 3.05) is 0 Å². The molecule has 19 heavy (non-hydrogen) atoms. The number of hydrogen-bond acceptors (Lipinski definition) is 3. The molecular weight excluding hydrogens is 331 g/mol. The van der Waals surface area contributed by atoms with Gasteiger partial charge in [0, 0.05) is 11.6 Å². The predicted molar refractivity (Wildman–Crippen MR) is 76.7 cm³/mol. The molecule has 3 nitrogen and oxygen atoms in total. The zero-order valence-corrected chi connectivity index (χ0v) is 12.8. The van der Waals surface area contributed by atoms with Gasteiger partial charge in [0.25, 0.3) is 5.91 Å². The molecule has 0 unspecified atom stereocenters. The monoisotopic (exact) mass is 342 g/mol. The molecular formula is C13H12BrFN2OS. The maximum atomic E-state index is 13.4. The number of aromatic nitrogens is 1. The average Bonchev–Trinajstić information content (AvgIpc) is 2.86. The van der Waals surface area contributed by atoms with Crippen molar-refractivity contribution in [1.82, 2.24) is 10.3 Å². The van der Waals surface area contributed by atoms with Crippen LogP contribution in [0.1, 0.15) is 29.2 Å². The molecule has 1 aromatic heterocycles. The van der Waals surface area contributed by atoms with Crippen LogP contribution in [0.2, 0.25) is 0 Å². The molecule has 6 heteroatoms. The summed E-state index contributed by atoms with van der Waals surface area (Å²) in [5.74, 6) is -0.800. The molecule has 1 N–H and O–H groups in total. The molecule has 100 valence electrons. The number of rotatable bonds is 3. The summed E-state index contributed by atoms with van der Waals surface area (Å²) in [6.45, 7) is 3.72. The number of benzene rings is 1. The molecule has 0 atom stereocenters. The van der Waals surface area contributed by atoms with E-state index in [0.29, 0.717) is 0 Å². The second-order valence-corrected chi connectivity index (χ2v) is 6.21. The second-order valence-electron chi connectivity index (χ2n) is 4.52. The van der Waals surface area contributed by atoms with E-state index in [1.54, 1.807) is 12.3 Å². The molecule has 0 spiro atoms. The highest BCUT2D eigenvalue weighted by Crippen LogP contribution is 2.25. The first kappa shape index (κ1) is 14.1. The lowest BCUT2D eigenvalue weighted by Gasteiger charge is -2.24. The molecule has 1 aromatic carbocycles. The summed E-state index contributed by atoms with van der Waals surface area (Å²) < 4.78 is 13.6. The van der Waals surface area contributed by atoms with Gasteiger partial charge in [-0.3, -0.25) is 4.79 Å². The molecule has 0 saturated carbocycles. The molecule has 1 amide bonds. The molecule has 2 aromatic rings. The van der Waals surface area contributed by atoms with Crippen molar-refractivity contribution in [3.8, 4) is 0 Å². The highest BCUT2D eigenvalue weighted by Gasteiger charge is 2.27. The first-order valence-electron chi connectivity index (χ1n) is 5.58. The molecule has 0 radical (unpaired) electrons. The van der Waals surface area contributed by atoms with E-state index in [1.165, 1.54) is 23.5 Å². The fraction of sp³-hybridized carbons (Fsp3) is 0.231. The van der Waals surface area contributed by atoms with Crippen molar-refractivity contribution in [2.45, 2.75) is 19.4 Å². The third-order valence-corrected chi connectivity index (χ3v) is 4.49. The van der Waals surface area contributed by atoms with Crippen molar-refractivity contribution in [2.24, 2.45) is 0 Å². The average molecular weight is 343 g/mol. The van der Waals surface area contributed by atoms with E-state index in [0.717, 1.165) is 5.01 Å². The number of hydrogen-bond donors (Lipinski definition) is 1. The van der Waals surface area contributed by atoms with Crippen molar-refractivity contribution in [3.63, 3.8) is 0 Å². The van der Waals surface area contributed by atoms with Gasteiger partial charge in [-0.05, 0) is 41.9 Å². The smallest absolute Gasteiger partial charge is 0.253 e. The molecule has 0 aliphatic rings. The number of thiazole rings is 1. The van der Waals surface area contributed by atoms with Crippen LogP contribution in [0, 0.1) is 5.82 Å². The minimum Gasteiger partial charge on any atom is -0.341 e. The van der Waals surface area contributed by atoms with E-state index in [4.69, 9.17) is 0 Å². The van der Waals surface area contributed by atoms with Crippen LogP contribution in [0.5, 0.6) is 0 Å². The van der Waals surface area contributed by atoms with Crippen molar-refractivity contribution < 1.29 is 9.18 Å². The van der Waals surface area contributed by atoms with Crippen molar-refractivity contribution in [3.05, 3.63) is 50.6 Å². The van der Waals surface area contributed by atoms with Crippen LogP contribution < -0.4 is 5.32 Å². The van der Waals surface area contributed by atoms with Gasteiger partial charge in [0.1, 0.15) is 10.8 Å².